The van der Waals surface area contributed by atoms with Crippen molar-refractivity contribution < 1.29 is 9.13 Å². The van der Waals surface area contributed by atoms with E-state index in [9.17, 15) is 4.39 Å². The zero-order valence-corrected chi connectivity index (χ0v) is 18.0. The minimum absolute atomic E-state index is 0.283. The number of hydrogen-bond donors (Lipinski definition) is 1. The van der Waals surface area contributed by atoms with Gasteiger partial charge in [-0.05, 0) is 63.2 Å². The summed E-state index contributed by atoms with van der Waals surface area (Å²) in [5.41, 5.74) is 4.08. The molecule has 4 aromatic rings. The van der Waals surface area contributed by atoms with Crippen molar-refractivity contribution in [3.8, 4) is 34.1 Å². The van der Waals surface area contributed by atoms with Crippen molar-refractivity contribution in [2.45, 2.75) is 25.8 Å². The molecule has 162 valence electrons. The van der Waals surface area contributed by atoms with E-state index in [4.69, 9.17) is 4.74 Å². The quantitative estimate of drug-likeness (QED) is 0.438. The van der Waals surface area contributed by atoms with Gasteiger partial charge in [0.2, 0.25) is 5.88 Å². The molecule has 0 amide bonds. The Hall–Kier alpha value is -3.51. The molecular weight excluding hydrogens is 403 g/mol. The van der Waals surface area contributed by atoms with E-state index in [1.165, 1.54) is 11.6 Å². The molecule has 5 rings (SSSR count). The molecule has 0 radical (unpaired) electrons. The molecular formula is C26H25FN4O. The smallest absolute Gasteiger partial charge is 0.219 e. The molecule has 5 nitrogen and oxygen atoms in total. The molecule has 6 heteroatoms. The first-order valence-corrected chi connectivity index (χ1v) is 10.9. The summed E-state index contributed by atoms with van der Waals surface area (Å²) in [6.45, 7) is 3.94. The fraction of sp³-hybridized carbons (Fsp3) is 0.231. The number of rotatable bonds is 5. The van der Waals surface area contributed by atoms with Crippen LogP contribution in [-0.4, -0.2) is 27.6 Å². The van der Waals surface area contributed by atoms with Crippen molar-refractivity contribution in [3.63, 3.8) is 0 Å². The summed E-state index contributed by atoms with van der Waals surface area (Å²) in [5.74, 6) is 0.930. The summed E-state index contributed by atoms with van der Waals surface area (Å²) in [5, 5.41) is 3.41. The summed E-state index contributed by atoms with van der Waals surface area (Å²) in [4.78, 5) is 9.06. The Morgan fingerprint density at radius 3 is 2.56 bits per heavy atom. The van der Waals surface area contributed by atoms with Gasteiger partial charge in [0, 0.05) is 29.4 Å². The number of aromatic nitrogens is 3. The third-order valence-corrected chi connectivity index (χ3v) is 5.88. The fourth-order valence-electron chi connectivity index (χ4n) is 4.20. The Labute approximate surface area is 186 Å². The molecule has 0 spiro atoms. The van der Waals surface area contributed by atoms with E-state index in [2.05, 4.69) is 19.9 Å². The number of halogens is 1. The van der Waals surface area contributed by atoms with Crippen molar-refractivity contribution in [1.29, 1.82) is 0 Å². The van der Waals surface area contributed by atoms with Crippen LogP contribution in [0.1, 0.15) is 24.4 Å². The first kappa shape index (κ1) is 20.4. The van der Waals surface area contributed by atoms with Crippen LogP contribution in [0.15, 0.2) is 73.2 Å². The van der Waals surface area contributed by atoms with Crippen molar-refractivity contribution in [2.75, 3.05) is 13.1 Å². The summed E-state index contributed by atoms with van der Waals surface area (Å²) < 4.78 is 22.9. The second-order valence-electron chi connectivity index (χ2n) is 8.11. The molecule has 0 atom stereocenters. The lowest BCUT2D eigenvalue weighted by Gasteiger charge is -2.26. The highest BCUT2D eigenvalue weighted by Crippen LogP contribution is 2.37. The highest BCUT2D eigenvalue weighted by Gasteiger charge is 2.24. The van der Waals surface area contributed by atoms with Crippen LogP contribution in [0.25, 0.3) is 22.5 Å². The number of aryl methyl sites for hydroxylation is 1. The van der Waals surface area contributed by atoms with E-state index in [0.717, 1.165) is 42.9 Å². The summed E-state index contributed by atoms with van der Waals surface area (Å²) in [7, 11) is 0. The predicted molar refractivity (Wildman–Crippen MR) is 123 cm³/mol. The molecule has 32 heavy (non-hydrogen) atoms. The molecule has 2 aromatic heterocycles. The van der Waals surface area contributed by atoms with Crippen LogP contribution in [0.5, 0.6) is 11.6 Å². The van der Waals surface area contributed by atoms with Gasteiger partial charge in [0.1, 0.15) is 11.6 Å². The highest BCUT2D eigenvalue weighted by molar-refractivity contribution is 5.79. The van der Waals surface area contributed by atoms with Crippen LogP contribution in [0, 0.1) is 12.7 Å². The Morgan fingerprint density at radius 2 is 1.78 bits per heavy atom. The first-order valence-electron chi connectivity index (χ1n) is 10.9. The molecule has 0 bridgehead atoms. The lowest BCUT2D eigenvalue weighted by molar-refractivity contribution is 0.370. The largest absolute Gasteiger partial charge is 0.439 e. The van der Waals surface area contributed by atoms with E-state index in [0.29, 0.717) is 23.2 Å². The number of imidazole rings is 1. The van der Waals surface area contributed by atoms with E-state index >= 15 is 0 Å². The molecule has 1 saturated heterocycles. The van der Waals surface area contributed by atoms with Gasteiger partial charge in [-0.25, -0.2) is 14.4 Å². The number of hydrogen-bond acceptors (Lipinski definition) is 4. The molecule has 0 aliphatic carbocycles. The second kappa shape index (κ2) is 8.93. The number of piperidine rings is 1. The number of ether oxygens (including phenoxy) is 1. The maximum Gasteiger partial charge on any atom is 0.219 e. The van der Waals surface area contributed by atoms with Crippen LogP contribution < -0.4 is 10.1 Å². The van der Waals surface area contributed by atoms with Gasteiger partial charge >= 0.3 is 0 Å². The summed E-state index contributed by atoms with van der Waals surface area (Å²) in [6.07, 6.45) is 5.56. The minimum Gasteiger partial charge on any atom is -0.439 e. The molecule has 2 aromatic carbocycles. The fourth-order valence-corrected chi connectivity index (χ4v) is 4.20. The Morgan fingerprint density at radius 1 is 1.00 bits per heavy atom. The van der Waals surface area contributed by atoms with Crippen molar-refractivity contribution >= 4 is 0 Å². The maximum absolute atomic E-state index is 14.7. The van der Waals surface area contributed by atoms with E-state index in [1.807, 2.05) is 55.7 Å². The third-order valence-electron chi connectivity index (χ3n) is 5.88. The Balaban J connectivity index is 1.59. The van der Waals surface area contributed by atoms with Crippen LogP contribution in [0.4, 0.5) is 4.39 Å². The van der Waals surface area contributed by atoms with Gasteiger partial charge in [-0.2, -0.15) is 0 Å². The lowest BCUT2D eigenvalue weighted by atomic mass is 10.0. The topological polar surface area (TPSA) is 52.0 Å². The van der Waals surface area contributed by atoms with E-state index in [-0.39, 0.29) is 5.82 Å². The standard InChI is InChI=1S/C26H25FN4O/c1-18-6-8-21(9-7-18)32-24-16-19(10-15-29-24)26-25(22-4-2-3-5-23(22)27)30-17-31(26)20-11-13-28-14-12-20/h2-10,15-17,20,28H,11-14H2,1H3. The molecule has 3 heterocycles. The first-order chi connectivity index (χ1) is 15.7. The average Bonchev–Trinajstić information content (AvgIpc) is 3.27. The van der Waals surface area contributed by atoms with E-state index in [1.54, 1.807) is 18.3 Å². The zero-order valence-electron chi connectivity index (χ0n) is 18.0. The van der Waals surface area contributed by atoms with Gasteiger partial charge in [0.25, 0.3) is 0 Å². The van der Waals surface area contributed by atoms with Crippen molar-refractivity contribution in [1.82, 2.24) is 19.9 Å². The van der Waals surface area contributed by atoms with Gasteiger partial charge in [0.15, 0.2) is 0 Å². The number of nitrogens with zero attached hydrogens (tertiary/aromatic N) is 3. The van der Waals surface area contributed by atoms with Crippen LogP contribution in [-0.2, 0) is 0 Å². The number of pyridine rings is 1. The van der Waals surface area contributed by atoms with Gasteiger partial charge < -0.3 is 14.6 Å². The number of benzene rings is 2. The highest BCUT2D eigenvalue weighted by atomic mass is 19.1. The van der Waals surface area contributed by atoms with Gasteiger partial charge in [-0.3, -0.25) is 0 Å². The monoisotopic (exact) mass is 428 g/mol. The lowest BCUT2D eigenvalue weighted by Crippen LogP contribution is -2.29. The molecule has 0 saturated carbocycles. The van der Waals surface area contributed by atoms with Crippen LogP contribution >= 0.6 is 0 Å². The van der Waals surface area contributed by atoms with Gasteiger partial charge in [0.05, 0.1) is 17.7 Å². The molecule has 1 aliphatic heterocycles. The number of nitrogens with one attached hydrogen (secondary N) is 1. The maximum atomic E-state index is 14.7. The zero-order chi connectivity index (χ0) is 21.9. The van der Waals surface area contributed by atoms with Crippen molar-refractivity contribution in [3.05, 3.63) is 84.6 Å². The average molecular weight is 429 g/mol. The summed E-state index contributed by atoms with van der Waals surface area (Å²) >= 11 is 0. The molecule has 1 aliphatic rings. The molecule has 0 unspecified atom stereocenters. The van der Waals surface area contributed by atoms with E-state index < -0.39 is 0 Å². The summed E-state index contributed by atoms with van der Waals surface area (Å²) in [6, 6.07) is 18.8. The van der Waals surface area contributed by atoms with Gasteiger partial charge in [-0.1, -0.05) is 29.8 Å². The molecule has 1 N–H and O–H groups in total. The SMILES string of the molecule is Cc1ccc(Oc2cc(-c3c(-c4ccccc4F)ncn3C3CCNCC3)ccn2)cc1. The third kappa shape index (κ3) is 4.14. The molecule has 1 fully saturated rings. The second-order valence-corrected chi connectivity index (χ2v) is 8.11. The van der Waals surface area contributed by atoms with Crippen LogP contribution in [0.3, 0.4) is 0 Å². The predicted octanol–water partition coefficient (Wildman–Crippen LogP) is 5.78. The minimum atomic E-state index is -0.283. The van der Waals surface area contributed by atoms with Crippen molar-refractivity contribution in [2.24, 2.45) is 0 Å². The van der Waals surface area contributed by atoms with Crippen LogP contribution in [0.2, 0.25) is 0 Å². The van der Waals surface area contributed by atoms with Gasteiger partial charge in [-0.15, -0.1) is 0 Å². The Bertz CT molecular complexity index is 1210. The normalized spacial score (nSPS) is 14.4. The Kier molecular flexibility index (Phi) is 5.69.